The van der Waals surface area contributed by atoms with Gasteiger partial charge >= 0.3 is 0 Å². The Labute approximate surface area is 225 Å². The van der Waals surface area contributed by atoms with Crippen molar-refractivity contribution in [3.8, 4) is 11.4 Å². The van der Waals surface area contributed by atoms with E-state index in [2.05, 4.69) is 122 Å². The second-order valence-electron chi connectivity index (χ2n) is 9.32. The molecule has 4 rings (SSSR count). The van der Waals surface area contributed by atoms with Crippen LogP contribution in [-0.4, -0.2) is 9.13 Å². The summed E-state index contributed by atoms with van der Waals surface area (Å²) < 4.78 is 9.11. The fraction of sp³-hybridized carbons (Fsp3) is 0.357. The predicted octanol–water partition coefficient (Wildman–Crippen LogP) is -0.818. The molecule has 4 nitrogen and oxygen atoms in total. The number of hydrogen-bond acceptors (Lipinski definition) is 0. The summed E-state index contributed by atoms with van der Waals surface area (Å²) in [7, 11) is 0. The van der Waals surface area contributed by atoms with Crippen LogP contribution >= 0.6 is 0 Å². The van der Waals surface area contributed by atoms with Crippen molar-refractivity contribution in [2.24, 2.45) is 0 Å². The fourth-order valence-electron chi connectivity index (χ4n) is 5.07. The van der Waals surface area contributed by atoms with E-state index in [1.807, 2.05) is 0 Å². The summed E-state index contributed by atoms with van der Waals surface area (Å²) in [4.78, 5) is 0. The third-order valence-electron chi connectivity index (χ3n) is 6.25. The molecule has 34 heavy (non-hydrogen) atoms. The van der Waals surface area contributed by atoms with Gasteiger partial charge in [0.2, 0.25) is 12.7 Å². The van der Waals surface area contributed by atoms with Gasteiger partial charge in [0.1, 0.15) is 36.2 Å². The van der Waals surface area contributed by atoms with Gasteiger partial charge in [-0.2, -0.15) is 0 Å². The SMILES string of the molecule is Cc1cc(C)c(-n2cc[n+](CCCC[n+]3ccn(-c4c(C)cc(C)cc4C)c3)c2)c(C)c1.[Br-].[Br-]. The zero-order valence-electron chi connectivity index (χ0n) is 21.1. The standard InChI is InChI=1S/C28H36N4.2BrH/c1-21-15-23(3)27(24(4)16-21)31-13-11-29(19-31)9-7-8-10-30-12-14-32(20-30)28-25(5)17-22(2)18-26(28)6;;/h11-20H,7-10H2,1-6H3;2*1H/q+2;;/p-2. The van der Waals surface area contributed by atoms with Gasteiger partial charge in [0, 0.05) is 0 Å². The number of unbranched alkanes of at least 4 members (excludes halogenated alkanes) is 1. The maximum atomic E-state index is 2.30. The van der Waals surface area contributed by atoms with Crippen LogP contribution in [0, 0.1) is 41.5 Å². The number of benzene rings is 2. The van der Waals surface area contributed by atoms with Crippen molar-refractivity contribution in [2.45, 2.75) is 67.5 Å². The molecule has 2 aromatic carbocycles. The highest BCUT2D eigenvalue weighted by atomic mass is 79.9. The lowest BCUT2D eigenvalue weighted by Crippen LogP contribution is -3.00. The van der Waals surface area contributed by atoms with E-state index in [-0.39, 0.29) is 34.0 Å². The zero-order valence-corrected chi connectivity index (χ0v) is 24.3. The van der Waals surface area contributed by atoms with Gasteiger partial charge in [0.15, 0.2) is 0 Å². The molecule has 0 unspecified atom stereocenters. The smallest absolute Gasteiger partial charge is 0.248 e. The molecule has 4 aromatic rings. The first-order valence-corrected chi connectivity index (χ1v) is 11.6. The number of imidazole rings is 2. The number of hydrogen-bond donors (Lipinski definition) is 0. The van der Waals surface area contributed by atoms with Crippen LogP contribution in [-0.2, 0) is 13.1 Å². The minimum absolute atomic E-state index is 0. The normalized spacial score (nSPS) is 10.6. The van der Waals surface area contributed by atoms with Crippen LogP contribution in [0.5, 0.6) is 0 Å². The summed E-state index contributed by atoms with van der Waals surface area (Å²) in [5.41, 5.74) is 10.5. The molecule has 0 radical (unpaired) electrons. The van der Waals surface area contributed by atoms with Gasteiger partial charge in [-0.05, 0) is 76.6 Å². The van der Waals surface area contributed by atoms with E-state index in [1.54, 1.807) is 0 Å². The van der Waals surface area contributed by atoms with Crippen molar-refractivity contribution in [1.29, 1.82) is 0 Å². The molecule has 0 aliphatic carbocycles. The summed E-state index contributed by atoms with van der Waals surface area (Å²) in [5.74, 6) is 0. The maximum absolute atomic E-state index is 2.30. The number of aryl methyl sites for hydroxylation is 8. The predicted molar refractivity (Wildman–Crippen MR) is 130 cm³/mol. The van der Waals surface area contributed by atoms with Crippen LogP contribution in [0.1, 0.15) is 46.2 Å². The Kier molecular flexibility index (Phi) is 9.89. The minimum Gasteiger partial charge on any atom is -1.00 e. The van der Waals surface area contributed by atoms with Crippen LogP contribution in [0.4, 0.5) is 0 Å². The fourth-order valence-corrected chi connectivity index (χ4v) is 5.07. The number of halogens is 2. The number of nitrogens with zero attached hydrogens (tertiary/aromatic N) is 4. The van der Waals surface area contributed by atoms with Gasteiger partial charge < -0.3 is 34.0 Å². The lowest BCUT2D eigenvalue weighted by molar-refractivity contribution is -0.707. The Morgan fingerprint density at radius 3 is 1.21 bits per heavy atom. The third kappa shape index (κ3) is 6.28. The number of rotatable bonds is 7. The van der Waals surface area contributed by atoms with E-state index in [0.717, 1.165) is 25.9 Å². The lowest BCUT2D eigenvalue weighted by Gasteiger charge is -2.07. The van der Waals surface area contributed by atoms with Crippen LogP contribution in [0.3, 0.4) is 0 Å². The molecule has 2 aromatic heterocycles. The highest BCUT2D eigenvalue weighted by Crippen LogP contribution is 2.21. The monoisotopic (exact) mass is 586 g/mol. The largest absolute Gasteiger partial charge is 1.00 e. The van der Waals surface area contributed by atoms with Crippen molar-refractivity contribution in [3.05, 3.63) is 95.1 Å². The molecule has 2 heterocycles. The van der Waals surface area contributed by atoms with Crippen molar-refractivity contribution >= 4 is 0 Å². The van der Waals surface area contributed by atoms with Gasteiger partial charge in [0.05, 0.1) is 13.1 Å². The molecule has 0 saturated heterocycles. The number of aromatic nitrogens is 4. The van der Waals surface area contributed by atoms with Crippen molar-refractivity contribution in [2.75, 3.05) is 0 Å². The summed E-state index contributed by atoms with van der Waals surface area (Å²) in [6, 6.07) is 9.04. The highest BCUT2D eigenvalue weighted by molar-refractivity contribution is 5.49. The summed E-state index contributed by atoms with van der Waals surface area (Å²) in [6.45, 7) is 15.2. The first kappa shape index (κ1) is 28.1. The minimum atomic E-state index is 0. The van der Waals surface area contributed by atoms with E-state index in [1.165, 1.54) is 44.8 Å². The average molecular weight is 588 g/mol. The van der Waals surface area contributed by atoms with Crippen LogP contribution in [0.2, 0.25) is 0 Å². The van der Waals surface area contributed by atoms with Gasteiger partial charge in [-0.3, -0.25) is 0 Å². The van der Waals surface area contributed by atoms with Crippen LogP contribution < -0.4 is 43.1 Å². The second-order valence-corrected chi connectivity index (χ2v) is 9.32. The molecule has 0 fully saturated rings. The van der Waals surface area contributed by atoms with Crippen molar-refractivity contribution in [3.63, 3.8) is 0 Å². The van der Waals surface area contributed by atoms with Crippen LogP contribution in [0.15, 0.2) is 61.7 Å². The van der Waals surface area contributed by atoms with E-state index >= 15 is 0 Å². The Hall–Kier alpha value is -2.18. The molecule has 0 spiro atoms. The summed E-state index contributed by atoms with van der Waals surface area (Å²) in [6.07, 6.45) is 15.5. The topological polar surface area (TPSA) is 17.6 Å². The first-order valence-electron chi connectivity index (χ1n) is 11.6. The summed E-state index contributed by atoms with van der Waals surface area (Å²) >= 11 is 0. The van der Waals surface area contributed by atoms with E-state index in [0.29, 0.717) is 0 Å². The summed E-state index contributed by atoms with van der Waals surface area (Å²) in [5, 5.41) is 0. The van der Waals surface area contributed by atoms with E-state index in [4.69, 9.17) is 0 Å². The molecule has 0 aliphatic heterocycles. The molecule has 0 atom stereocenters. The molecule has 182 valence electrons. The van der Waals surface area contributed by atoms with E-state index < -0.39 is 0 Å². The lowest BCUT2D eigenvalue weighted by atomic mass is 10.1. The Balaban J connectivity index is 0.00000204. The molecule has 0 bridgehead atoms. The average Bonchev–Trinajstić information content (AvgIpc) is 3.34. The Morgan fingerprint density at radius 2 is 0.882 bits per heavy atom. The van der Waals surface area contributed by atoms with Gasteiger partial charge in [-0.1, -0.05) is 35.4 Å². The molecule has 0 aliphatic rings. The van der Waals surface area contributed by atoms with Gasteiger partial charge in [-0.15, -0.1) is 0 Å². The Morgan fingerprint density at radius 1 is 0.559 bits per heavy atom. The van der Waals surface area contributed by atoms with Gasteiger partial charge in [-0.25, -0.2) is 18.3 Å². The van der Waals surface area contributed by atoms with Gasteiger partial charge in [0.25, 0.3) is 0 Å². The third-order valence-corrected chi connectivity index (χ3v) is 6.25. The van der Waals surface area contributed by atoms with Crippen molar-refractivity contribution < 1.29 is 43.1 Å². The Bertz CT molecular complexity index is 1110. The quantitative estimate of drug-likeness (QED) is 0.199. The molecule has 0 saturated carbocycles. The molecular formula is C28H36Br2N4. The molecule has 0 amide bonds. The first-order chi connectivity index (χ1) is 15.3. The zero-order chi connectivity index (χ0) is 22.8. The molecule has 0 N–H and O–H groups in total. The van der Waals surface area contributed by atoms with Crippen molar-refractivity contribution in [1.82, 2.24) is 9.13 Å². The molecular weight excluding hydrogens is 552 g/mol. The maximum Gasteiger partial charge on any atom is 0.248 e. The highest BCUT2D eigenvalue weighted by Gasteiger charge is 2.14. The van der Waals surface area contributed by atoms with E-state index in [9.17, 15) is 0 Å². The molecule has 6 heteroatoms. The second kappa shape index (κ2) is 12.0. The van der Waals surface area contributed by atoms with Crippen LogP contribution in [0.25, 0.3) is 11.4 Å².